The Morgan fingerprint density at radius 3 is 2.60 bits per heavy atom. The van der Waals surface area contributed by atoms with Crippen molar-refractivity contribution < 1.29 is 5.11 Å². The van der Waals surface area contributed by atoms with E-state index in [1.807, 2.05) is 31.3 Å². The molecule has 0 aliphatic heterocycles. The highest BCUT2D eigenvalue weighted by Gasteiger charge is 2.13. The highest BCUT2D eigenvalue weighted by Crippen LogP contribution is 2.34. The van der Waals surface area contributed by atoms with Crippen LogP contribution in [-0.4, -0.2) is 30.3 Å². The quantitative estimate of drug-likeness (QED) is 0.652. The number of nitrogens with zero attached hydrogens (tertiary/aromatic N) is 2. The predicted octanol–water partition coefficient (Wildman–Crippen LogP) is 3.61. The minimum atomic E-state index is 0.222. The number of aliphatic hydroxyl groups is 1. The van der Waals surface area contributed by atoms with Crippen molar-refractivity contribution >= 4 is 17.3 Å². The molecule has 0 bridgehead atoms. The lowest BCUT2D eigenvalue weighted by Gasteiger charge is -2.23. The molecule has 0 unspecified atom stereocenters. The lowest BCUT2D eigenvalue weighted by molar-refractivity contribution is 0.285. The highest BCUT2D eigenvalue weighted by atomic mass is 35.5. The maximum absolute atomic E-state index is 8.88. The summed E-state index contributed by atoms with van der Waals surface area (Å²) in [5, 5.41) is 9.39. The van der Waals surface area contributed by atoms with Gasteiger partial charge in [-0.05, 0) is 24.5 Å². The summed E-state index contributed by atoms with van der Waals surface area (Å²) in [5.41, 5.74) is 3.15. The molecular formula is C16H19ClN2O. The molecule has 1 N–H and O–H groups in total. The Morgan fingerprint density at radius 1 is 1.15 bits per heavy atom. The molecule has 1 aromatic heterocycles. The molecule has 0 radical (unpaired) electrons. The lowest BCUT2D eigenvalue weighted by atomic mass is 10.0. The molecule has 1 heterocycles. The summed E-state index contributed by atoms with van der Waals surface area (Å²) in [6.07, 6.45) is 3.45. The summed E-state index contributed by atoms with van der Waals surface area (Å²) in [6, 6.07) is 12.1. The normalized spacial score (nSPS) is 10.6. The molecule has 0 saturated carbocycles. The molecule has 0 fully saturated rings. The fourth-order valence-corrected chi connectivity index (χ4v) is 2.52. The Bertz CT molecular complexity index is 545. The molecule has 0 aliphatic carbocycles. The van der Waals surface area contributed by atoms with Gasteiger partial charge in [0.25, 0.3) is 0 Å². The van der Waals surface area contributed by atoms with Crippen LogP contribution in [0.1, 0.15) is 12.8 Å². The van der Waals surface area contributed by atoms with Gasteiger partial charge in [0.05, 0.1) is 5.69 Å². The third kappa shape index (κ3) is 3.50. The molecule has 106 valence electrons. The molecule has 2 rings (SSSR count). The van der Waals surface area contributed by atoms with Crippen molar-refractivity contribution in [3.8, 4) is 11.1 Å². The van der Waals surface area contributed by atoms with Crippen LogP contribution >= 0.6 is 11.6 Å². The highest BCUT2D eigenvalue weighted by molar-refractivity contribution is 6.32. The van der Waals surface area contributed by atoms with Crippen molar-refractivity contribution in [2.45, 2.75) is 12.8 Å². The Labute approximate surface area is 124 Å². The van der Waals surface area contributed by atoms with Crippen LogP contribution in [0.3, 0.4) is 0 Å². The van der Waals surface area contributed by atoms with E-state index in [-0.39, 0.29) is 6.61 Å². The first kappa shape index (κ1) is 14.8. The Balaban J connectivity index is 2.32. The molecule has 1 aromatic carbocycles. The molecule has 0 atom stereocenters. The van der Waals surface area contributed by atoms with Crippen molar-refractivity contribution in [2.24, 2.45) is 0 Å². The smallest absolute Gasteiger partial charge is 0.152 e. The van der Waals surface area contributed by atoms with E-state index in [0.29, 0.717) is 5.15 Å². The van der Waals surface area contributed by atoms with E-state index >= 15 is 0 Å². The van der Waals surface area contributed by atoms with Crippen molar-refractivity contribution in [1.29, 1.82) is 0 Å². The van der Waals surface area contributed by atoms with Gasteiger partial charge in [-0.25, -0.2) is 4.98 Å². The third-order valence-corrected chi connectivity index (χ3v) is 3.52. The molecule has 0 amide bonds. The van der Waals surface area contributed by atoms with Crippen LogP contribution in [-0.2, 0) is 0 Å². The maximum atomic E-state index is 8.88. The topological polar surface area (TPSA) is 36.4 Å². The second-order valence-corrected chi connectivity index (χ2v) is 5.07. The fraction of sp³-hybridized carbons (Fsp3) is 0.312. The van der Waals surface area contributed by atoms with E-state index in [2.05, 4.69) is 22.0 Å². The maximum Gasteiger partial charge on any atom is 0.152 e. The summed E-state index contributed by atoms with van der Waals surface area (Å²) in [5.74, 6) is 0. The number of rotatable bonds is 6. The summed E-state index contributed by atoms with van der Waals surface area (Å²) >= 11 is 6.28. The summed E-state index contributed by atoms with van der Waals surface area (Å²) in [4.78, 5) is 6.29. The van der Waals surface area contributed by atoms with Gasteiger partial charge < -0.3 is 10.0 Å². The lowest BCUT2D eigenvalue weighted by Crippen LogP contribution is -2.20. The molecule has 2 aromatic rings. The SMILES string of the molecule is CN(CCCCO)c1c(-c2ccccc2)ccnc1Cl. The van der Waals surface area contributed by atoms with Crippen LogP contribution in [0.25, 0.3) is 11.1 Å². The van der Waals surface area contributed by atoms with Crippen LogP contribution in [0.15, 0.2) is 42.6 Å². The van der Waals surface area contributed by atoms with Crippen LogP contribution in [0, 0.1) is 0 Å². The molecule has 4 heteroatoms. The third-order valence-electron chi connectivity index (χ3n) is 3.25. The summed E-state index contributed by atoms with van der Waals surface area (Å²) < 4.78 is 0. The van der Waals surface area contributed by atoms with Crippen molar-refractivity contribution in [3.05, 3.63) is 47.7 Å². The van der Waals surface area contributed by atoms with Gasteiger partial charge in [-0.3, -0.25) is 0 Å². The minimum Gasteiger partial charge on any atom is -0.396 e. The fourth-order valence-electron chi connectivity index (χ4n) is 2.21. The average Bonchev–Trinajstić information content (AvgIpc) is 2.48. The van der Waals surface area contributed by atoms with E-state index in [0.717, 1.165) is 36.2 Å². The van der Waals surface area contributed by atoms with Gasteiger partial charge in [-0.15, -0.1) is 0 Å². The monoisotopic (exact) mass is 290 g/mol. The first-order valence-corrected chi connectivity index (χ1v) is 7.13. The molecule has 0 aliphatic rings. The van der Waals surface area contributed by atoms with E-state index < -0.39 is 0 Å². The van der Waals surface area contributed by atoms with Gasteiger partial charge in [0, 0.05) is 32.0 Å². The Hall–Kier alpha value is -1.58. The first-order chi connectivity index (χ1) is 9.74. The summed E-state index contributed by atoms with van der Waals surface area (Å²) in [7, 11) is 2.01. The van der Waals surface area contributed by atoms with Crippen molar-refractivity contribution in [2.75, 3.05) is 25.1 Å². The number of unbranched alkanes of at least 4 members (excludes halogenated alkanes) is 1. The molecule has 0 saturated heterocycles. The van der Waals surface area contributed by atoms with E-state index in [4.69, 9.17) is 16.7 Å². The van der Waals surface area contributed by atoms with Gasteiger partial charge in [0.1, 0.15) is 0 Å². The van der Waals surface area contributed by atoms with Gasteiger partial charge in [0.2, 0.25) is 0 Å². The number of benzene rings is 1. The average molecular weight is 291 g/mol. The Kier molecular flexibility index (Phi) is 5.39. The molecular weight excluding hydrogens is 272 g/mol. The number of aliphatic hydroxyl groups excluding tert-OH is 1. The second kappa shape index (κ2) is 7.27. The van der Waals surface area contributed by atoms with Crippen molar-refractivity contribution in [3.63, 3.8) is 0 Å². The largest absolute Gasteiger partial charge is 0.396 e. The van der Waals surface area contributed by atoms with E-state index in [9.17, 15) is 0 Å². The number of hydrogen-bond acceptors (Lipinski definition) is 3. The van der Waals surface area contributed by atoms with Crippen LogP contribution in [0.5, 0.6) is 0 Å². The first-order valence-electron chi connectivity index (χ1n) is 6.76. The van der Waals surface area contributed by atoms with Gasteiger partial charge in [-0.1, -0.05) is 41.9 Å². The van der Waals surface area contributed by atoms with Crippen molar-refractivity contribution in [1.82, 2.24) is 4.98 Å². The number of hydrogen-bond donors (Lipinski definition) is 1. The van der Waals surface area contributed by atoms with E-state index in [1.54, 1.807) is 6.20 Å². The number of aromatic nitrogens is 1. The second-order valence-electron chi connectivity index (χ2n) is 4.72. The van der Waals surface area contributed by atoms with Gasteiger partial charge >= 0.3 is 0 Å². The van der Waals surface area contributed by atoms with E-state index in [1.165, 1.54) is 0 Å². The van der Waals surface area contributed by atoms with Gasteiger partial charge in [-0.2, -0.15) is 0 Å². The van der Waals surface area contributed by atoms with Crippen LogP contribution in [0.4, 0.5) is 5.69 Å². The minimum absolute atomic E-state index is 0.222. The predicted molar refractivity (Wildman–Crippen MR) is 84.3 cm³/mol. The number of pyridine rings is 1. The molecule has 20 heavy (non-hydrogen) atoms. The zero-order chi connectivity index (χ0) is 14.4. The summed E-state index contributed by atoms with van der Waals surface area (Å²) in [6.45, 7) is 1.06. The standard InChI is InChI=1S/C16H19ClN2O/c1-19(11-5-6-12-20)15-14(9-10-18-16(15)17)13-7-3-2-4-8-13/h2-4,7-10,20H,5-6,11-12H2,1H3. The van der Waals surface area contributed by atoms with Crippen LogP contribution in [0.2, 0.25) is 5.15 Å². The van der Waals surface area contributed by atoms with Crippen LogP contribution < -0.4 is 4.90 Å². The number of halogens is 1. The number of anilines is 1. The zero-order valence-electron chi connectivity index (χ0n) is 11.6. The zero-order valence-corrected chi connectivity index (χ0v) is 12.3. The molecule has 0 spiro atoms. The Morgan fingerprint density at radius 2 is 1.90 bits per heavy atom. The van der Waals surface area contributed by atoms with Gasteiger partial charge in [0.15, 0.2) is 5.15 Å². The molecule has 3 nitrogen and oxygen atoms in total.